The molecule has 6 heteroatoms. The van der Waals surface area contributed by atoms with Crippen LogP contribution >= 0.6 is 11.8 Å². The van der Waals surface area contributed by atoms with Crippen molar-refractivity contribution in [2.75, 3.05) is 6.54 Å². The second kappa shape index (κ2) is 6.65. The molecule has 2 aromatic carbocycles. The number of rotatable bonds is 5. The number of fused-ring (bicyclic) bond motifs is 1. The molecule has 3 aromatic rings. The van der Waals surface area contributed by atoms with E-state index in [4.69, 9.17) is 4.42 Å². The smallest absolute Gasteiger partial charge is 0.276 e. The van der Waals surface area contributed by atoms with E-state index in [9.17, 15) is 4.79 Å². The lowest BCUT2D eigenvalue weighted by Crippen LogP contribution is -2.23. The average Bonchev–Trinajstić information content (AvgIpc) is 3.23. The molecule has 0 N–H and O–H groups in total. The summed E-state index contributed by atoms with van der Waals surface area (Å²) in [6, 6.07) is 14.6. The monoisotopic (exact) mass is 339 g/mol. The maximum atomic E-state index is 11.7. The fourth-order valence-electron chi connectivity index (χ4n) is 2.95. The van der Waals surface area contributed by atoms with Crippen LogP contribution in [0.5, 0.6) is 0 Å². The van der Waals surface area contributed by atoms with Gasteiger partial charge in [0.25, 0.3) is 5.22 Å². The van der Waals surface area contributed by atoms with E-state index >= 15 is 0 Å². The van der Waals surface area contributed by atoms with Crippen molar-refractivity contribution in [1.29, 1.82) is 0 Å². The molecule has 1 aliphatic heterocycles. The van der Waals surface area contributed by atoms with Gasteiger partial charge < -0.3 is 9.32 Å². The zero-order valence-corrected chi connectivity index (χ0v) is 14.0. The first-order valence-corrected chi connectivity index (χ1v) is 8.98. The van der Waals surface area contributed by atoms with E-state index in [-0.39, 0.29) is 5.91 Å². The van der Waals surface area contributed by atoms with Crippen LogP contribution in [0.2, 0.25) is 0 Å². The number of nitrogens with zero attached hydrogens (tertiary/aromatic N) is 3. The van der Waals surface area contributed by atoms with Crippen molar-refractivity contribution >= 4 is 28.4 Å². The number of carbonyl (C=O) groups excluding carboxylic acids is 1. The maximum absolute atomic E-state index is 11.7. The molecule has 122 valence electrons. The number of thioether (sulfide) groups is 1. The molecule has 1 fully saturated rings. The Morgan fingerprint density at radius 1 is 1.12 bits per heavy atom. The highest BCUT2D eigenvalue weighted by Gasteiger charge is 2.22. The minimum Gasteiger partial charge on any atom is -0.414 e. The van der Waals surface area contributed by atoms with Crippen molar-refractivity contribution in [1.82, 2.24) is 15.1 Å². The van der Waals surface area contributed by atoms with Crippen molar-refractivity contribution in [2.45, 2.75) is 30.4 Å². The van der Waals surface area contributed by atoms with Gasteiger partial charge in [0.15, 0.2) is 0 Å². The van der Waals surface area contributed by atoms with E-state index in [2.05, 4.69) is 40.5 Å². The van der Waals surface area contributed by atoms with Crippen LogP contribution in [-0.4, -0.2) is 27.5 Å². The number of hydrogen-bond acceptors (Lipinski definition) is 5. The molecule has 2 heterocycles. The molecular weight excluding hydrogens is 322 g/mol. The molecule has 0 radical (unpaired) electrons. The third-order valence-corrected chi connectivity index (χ3v) is 5.04. The molecule has 0 spiro atoms. The quantitative estimate of drug-likeness (QED) is 0.664. The first kappa shape index (κ1) is 15.2. The molecule has 4 rings (SSSR count). The number of carbonyl (C=O) groups is 1. The van der Waals surface area contributed by atoms with Crippen LogP contribution < -0.4 is 0 Å². The van der Waals surface area contributed by atoms with Crippen molar-refractivity contribution in [3.8, 4) is 0 Å². The van der Waals surface area contributed by atoms with Crippen molar-refractivity contribution in [3.05, 3.63) is 53.9 Å². The Morgan fingerprint density at radius 3 is 2.88 bits per heavy atom. The first-order chi connectivity index (χ1) is 11.8. The van der Waals surface area contributed by atoms with Crippen LogP contribution in [-0.2, 0) is 17.1 Å². The Kier molecular flexibility index (Phi) is 4.21. The van der Waals surface area contributed by atoms with Gasteiger partial charge in [0, 0.05) is 18.7 Å². The van der Waals surface area contributed by atoms with Gasteiger partial charge in [-0.25, -0.2) is 0 Å². The molecule has 1 aliphatic rings. The van der Waals surface area contributed by atoms with Gasteiger partial charge in [-0.3, -0.25) is 4.79 Å². The lowest BCUT2D eigenvalue weighted by atomic mass is 10.1. The van der Waals surface area contributed by atoms with Gasteiger partial charge >= 0.3 is 0 Å². The van der Waals surface area contributed by atoms with E-state index in [0.717, 1.165) is 18.7 Å². The van der Waals surface area contributed by atoms with E-state index in [1.54, 1.807) is 4.90 Å². The van der Waals surface area contributed by atoms with Gasteiger partial charge in [-0.1, -0.05) is 54.2 Å². The third kappa shape index (κ3) is 3.14. The van der Waals surface area contributed by atoms with Crippen molar-refractivity contribution in [2.24, 2.45) is 0 Å². The lowest BCUT2D eigenvalue weighted by Gasteiger charge is -2.11. The first-order valence-electron chi connectivity index (χ1n) is 7.99. The molecule has 1 amide bonds. The van der Waals surface area contributed by atoms with E-state index in [1.807, 2.05) is 12.1 Å². The predicted octanol–water partition coefficient (Wildman–Crippen LogP) is 3.64. The molecule has 5 nitrogen and oxygen atoms in total. The van der Waals surface area contributed by atoms with Gasteiger partial charge in [-0.15, -0.1) is 10.2 Å². The summed E-state index contributed by atoms with van der Waals surface area (Å²) in [5.74, 6) is 1.44. The third-order valence-electron chi connectivity index (χ3n) is 4.18. The highest BCUT2D eigenvalue weighted by molar-refractivity contribution is 7.98. The second-order valence-electron chi connectivity index (χ2n) is 5.81. The topological polar surface area (TPSA) is 59.2 Å². The number of likely N-dealkylation sites (tertiary alicyclic amines) is 1. The van der Waals surface area contributed by atoms with Gasteiger partial charge in [0.2, 0.25) is 11.8 Å². The summed E-state index contributed by atoms with van der Waals surface area (Å²) in [4.78, 5) is 13.4. The Morgan fingerprint density at radius 2 is 2.00 bits per heavy atom. The van der Waals surface area contributed by atoms with Gasteiger partial charge in [0.1, 0.15) is 0 Å². The van der Waals surface area contributed by atoms with Crippen LogP contribution in [0.4, 0.5) is 0 Å². The molecule has 0 unspecified atom stereocenters. The Balaban J connectivity index is 1.43. The Hall–Kier alpha value is -2.34. The second-order valence-corrected chi connectivity index (χ2v) is 6.73. The van der Waals surface area contributed by atoms with Crippen LogP contribution in [0.1, 0.15) is 24.3 Å². The van der Waals surface area contributed by atoms with E-state index in [1.165, 1.54) is 28.1 Å². The SMILES string of the molecule is O=C1CCCN1Cc1nnc(SCc2cccc3ccccc23)o1. The van der Waals surface area contributed by atoms with E-state index in [0.29, 0.717) is 24.1 Å². The minimum atomic E-state index is 0.165. The zero-order chi connectivity index (χ0) is 16.4. The fraction of sp³-hybridized carbons (Fsp3) is 0.278. The molecule has 0 aliphatic carbocycles. The fourth-order valence-corrected chi connectivity index (χ4v) is 3.74. The predicted molar refractivity (Wildman–Crippen MR) is 92.5 cm³/mol. The molecule has 0 atom stereocenters. The highest BCUT2D eigenvalue weighted by Crippen LogP contribution is 2.27. The Labute approximate surface area is 144 Å². The van der Waals surface area contributed by atoms with Crippen LogP contribution in [0.15, 0.2) is 52.1 Å². The average molecular weight is 339 g/mol. The molecule has 0 bridgehead atoms. The number of hydrogen-bond donors (Lipinski definition) is 0. The standard InChI is InChI=1S/C18H17N3O2S/c22-17-9-4-10-21(17)11-16-19-20-18(23-16)24-12-14-7-3-6-13-5-1-2-8-15(13)14/h1-3,5-8H,4,9-12H2. The summed E-state index contributed by atoms with van der Waals surface area (Å²) in [5.41, 5.74) is 1.24. The Bertz CT molecular complexity index is 872. The van der Waals surface area contributed by atoms with Crippen LogP contribution in [0.3, 0.4) is 0 Å². The molecular formula is C18H17N3O2S. The lowest BCUT2D eigenvalue weighted by molar-refractivity contribution is -0.128. The zero-order valence-electron chi connectivity index (χ0n) is 13.1. The van der Waals surface area contributed by atoms with Crippen molar-refractivity contribution < 1.29 is 9.21 Å². The largest absolute Gasteiger partial charge is 0.414 e. The highest BCUT2D eigenvalue weighted by atomic mass is 32.2. The van der Waals surface area contributed by atoms with Crippen LogP contribution in [0.25, 0.3) is 10.8 Å². The normalized spacial score (nSPS) is 14.7. The van der Waals surface area contributed by atoms with Gasteiger partial charge in [-0.2, -0.15) is 0 Å². The molecule has 1 saturated heterocycles. The number of aromatic nitrogens is 2. The summed E-state index contributed by atoms with van der Waals surface area (Å²) >= 11 is 1.52. The maximum Gasteiger partial charge on any atom is 0.276 e. The summed E-state index contributed by atoms with van der Waals surface area (Å²) in [6.45, 7) is 1.19. The molecule has 1 aromatic heterocycles. The minimum absolute atomic E-state index is 0.165. The van der Waals surface area contributed by atoms with Crippen molar-refractivity contribution in [3.63, 3.8) is 0 Å². The van der Waals surface area contributed by atoms with E-state index < -0.39 is 0 Å². The molecule has 0 saturated carbocycles. The summed E-state index contributed by atoms with van der Waals surface area (Å²) in [5, 5.41) is 11.2. The van der Waals surface area contributed by atoms with Gasteiger partial charge in [-0.05, 0) is 22.8 Å². The summed E-state index contributed by atoms with van der Waals surface area (Å²) in [6.07, 6.45) is 1.53. The van der Waals surface area contributed by atoms with Crippen LogP contribution in [0, 0.1) is 0 Å². The number of benzene rings is 2. The summed E-state index contributed by atoms with van der Waals surface area (Å²) < 4.78 is 5.67. The molecule has 24 heavy (non-hydrogen) atoms. The summed E-state index contributed by atoms with van der Waals surface area (Å²) in [7, 11) is 0. The van der Waals surface area contributed by atoms with Gasteiger partial charge in [0.05, 0.1) is 6.54 Å². The number of amides is 1.